The van der Waals surface area contributed by atoms with Gasteiger partial charge in [-0.25, -0.2) is 9.05 Å². The summed E-state index contributed by atoms with van der Waals surface area (Å²) in [5.41, 5.74) is 5.79. The fourth-order valence-corrected chi connectivity index (χ4v) is 6.84. The van der Waals surface area contributed by atoms with Gasteiger partial charge in [-0.15, -0.1) is 0 Å². The Kier molecular flexibility index (Phi) is 7.74. The molecule has 1 fully saturated rings. The van der Waals surface area contributed by atoms with Crippen molar-refractivity contribution in [1.82, 2.24) is 0 Å². The summed E-state index contributed by atoms with van der Waals surface area (Å²) in [6.07, 6.45) is 5.91. The second kappa shape index (κ2) is 11.9. The molecule has 3 heterocycles. The highest BCUT2D eigenvalue weighted by Gasteiger charge is 2.44. The molecule has 3 atom stereocenters. The largest absolute Gasteiger partial charge is 0.636 e. The van der Waals surface area contributed by atoms with Crippen LogP contribution in [0.1, 0.15) is 29.5 Å². The number of ether oxygens (including phenoxy) is 2. The quantitative estimate of drug-likeness (QED) is 0.155. The third-order valence-corrected chi connectivity index (χ3v) is 9.11. The van der Waals surface area contributed by atoms with Crippen LogP contribution >= 0.6 is 7.82 Å². The molecule has 2 aliphatic heterocycles. The van der Waals surface area contributed by atoms with Crippen molar-refractivity contribution in [2.24, 2.45) is 4.99 Å². The topological polar surface area (TPSA) is 92.3 Å². The lowest BCUT2D eigenvalue weighted by Crippen LogP contribution is -2.29. The summed E-state index contributed by atoms with van der Waals surface area (Å²) < 4.78 is 48.9. The van der Waals surface area contributed by atoms with Crippen molar-refractivity contribution in [1.29, 1.82) is 0 Å². The van der Waals surface area contributed by atoms with Crippen molar-refractivity contribution in [3.05, 3.63) is 131 Å². The highest BCUT2D eigenvalue weighted by Crippen LogP contribution is 2.52. The molecule has 1 saturated heterocycles. The van der Waals surface area contributed by atoms with Gasteiger partial charge in [0.1, 0.15) is 24.7 Å². The van der Waals surface area contributed by atoms with E-state index < -0.39 is 13.9 Å². The Morgan fingerprint density at radius 1 is 0.881 bits per heavy atom. The van der Waals surface area contributed by atoms with Gasteiger partial charge in [0.25, 0.3) is 0 Å². The minimum Gasteiger partial charge on any atom is -0.464 e. The van der Waals surface area contributed by atoms with Gasteiger partial charge in [-0.05, 0) is 29.7 Å². The molecule has 7 rings (SSSR count). The second-order valence-electron chi connectivity index (χ2n) is 10.4. The molecule has 0 radical (unpaired) electrons. The van der Waals surface area contributed by atoms with Gasteiger partial charge in [0, 0.05) is 10.9 Å². The molecule has 3 unspecified atom stereocenters. The number of rotatable bonds is 9. The maximum atomic E-state index is 14.4. The van der Waals surface area contributed by atoms with Crippen LogP contribution in [0.25, 0.3) is 11.0 Å². The number of para-hydroxylation sites is 1. The molecule has 42 heavy (non-hydrogen) atoms. The number of nitrogens with zero attached hydrogens (tertiary/aromatic N) is 1. The average Bonchev–Trinajstić information content (AvgIpc) is 3.63. The van der Waals surface area contributed by atoms with Gasteiger partial charge in [0.05, 0.1) is 42.7 Å². The first-order chi connectivity index (χ1) is 20.6. The van der Waals surface area contributed by atoms with Gasteiger partial charge in [-0.3, -0.25) is 4.99 Å². The lowest BCUT2D eigenvalue weighted by molar-refractivity contribution is -0.00957. The summed E-state index contributed by atoms with van der Waals surface area (Å²) in [7, 11) is -3.97. The van der Waals surface area contributed by atoms with Crippen LogP contribution in [0.15, 0.2) is 124 Å². The van der Waals surface area contributed by atoms with Crippen LogP contribution in [0.2, 0.25) is 0 Å². The number of hydrogen-bond acceptors (Lipinski definition) is 7. The standard InChI is InChI=1S/C33H30NO7P/c35-42(39-19-23-9-3-1-4-10-23,40-20-24-11-5-2-6-12-24)41-32-18-29(27-21-36-30-14-8-7-13-25(27)30)34-28-15-16-31-33(17-26(28)32)38-22-37-31/h1-15,17,21,31-33H,16,18-20,22H2/p+1. The molecule has 214 valence electrons. The van der Waals surface area contributed by atoms with Crippen LogP contribution in [-0.4, -0.2) is 35.3 Å². The van der Waals surface area contributed by atoms with Crippen LogP contribution in [0, 0.1) is 0 Å². The summed E-state index contributed by atoms with van der Waals surface area (Å²) in [6.45, 7) is 0.429. The molecule has 0 saturated carbocycles. The number of aliphatic imine (C=N–C) groups is 1. The minimum absolute atomic E-state index is 0.0971. The summed E-state index contributed by atoms with van der Waals surface area (Å²) in [6, 6.07) is 27.0. The van der Waals surface area contributed by atoms with Gasteiger partial charge in [-0.1, -0.05) is 84.9 Å². The van der Waals surface area contributed by atoms with E-state index in [0.29, 0.717) is 12.8 Å². The number of aliphatic hydroxyl groups is 1. The maximum absolute atomic E-state index is 14.4. The Balaban J connectivity index is 1.24. The van der Waals surface area contributed by atoms with Crippen LogP contribution in [0.5, 0.6) is 0 Å². The number of benzene rings is 3. The van der Waals surface area contributed by atoms with Crippen LogP contribution in [0.4, 0.5) is 0 Å². The maximum Gasteiger partial charge on any atom is 0.636 e. The van der Waals surface area contributed by atoms with Crippen molar-refractivity contribution < 1.29 is 32.0 Å². The van der Waals surface area contributed by atoms with Gasteiger partial charge in [0.2, 0.25) is 0 Å². The van der Waals surface area contributed by atoms with Gasteiger partial charge >= 0.3 is 7.82 Å². The van der Waals surface area contributed by atoms with Gasteiger partial charge in [-0.2, -0.15) is 4.57 Å². The summed E-state index contributed by atoms with van der Waals surface area (Å²) in [5.74, 6) is 0. The van der Waals surface area contributed by atoms with E-state index in [2.05, 4.69) is 6.08 Å². The summed E-state index contributed by atoms with van der Waals surface area (Å²) in [5, 5.41) is 0.962. The van der Waals surface area contributed by atoms with E-state index in [9.17, 15) is 4.57 Å². The van der Waals surface area contributed by atoms with E-state index in [-0.39, 0.29) is 32.2 Å². The molecule has 4 aromatic rings. The summed E-state index contributed by atoms with van der Waals surface area (Å²) >= 11 is 0. The van der Waals surface area contributed by atoms with Crippen molar-refractivity contribution >= 4 is 24.5 Å². The molecular weight excluding hydrogens is 553 g/mol. The number of fused-ring (bicyclic) bond motifs is 3. The SMILES string of the molecule is O=P(OCc1ccccc1)(OCc1ccccc1)[OH+]C1CC(c2coc3ccccc23)=NC2=CCC3OCOC3C=C21. The van der Waals surface area contributed by atoms with Gasteiger partial charge in [0.15, 0.2) is 6.10 Å². The van der Waals surface area contributed by atoms with Crippen LogP contribution in [0.3, 0.4) is 0 Å². The van der Waals surface area contributed by atoms with E-state index in [1.54, 1.807) is 6.26 Å². The fraction of sp³-hybridized carbons (Fsp3) is 0.242. The zero-order valence-corrected chi connectivity index (χ0v) is 23.8. The predicted octanol–water partition coefficient (Wildman–Crippen LogP) is 7.02. The van der Waals surface area contributed by atoms with Crippen LogP contribution < -0.4 is 0 Å². The fourth-order valence-electron chi connectivity index (χ4n) is 5.46. The Hall–Kier alpha value is -3.62. The average molecular weight is 585 g/mol. The summed E-state index contributed by atoms with van der Waals surface area (Å²) in [4.78, 5) is 5.06. The first kappa shape index (κ1) is 27.2. The molecule has 1 N–H and O–H groups in total. The Morgan fingerprint density at radius 2 is 1.57 bits per heavy atom. The van der Waals surface area contributed by atoms with Crippen molar-refractivity contribution in [2.45, 2.75) is 44.4 Å². The second-order valence-corrected chi connectivity index (χ2v) is 12.1. The molecular formula is C33H31NO7P+. The van der Waals surface area contributed by atoms with Crippen molar-refractivity contribution in [3.63, 3.8) is 0 Å². The Bertz CT molecular complexity index is 1650. The van der Waals surface area contributed by atoms with Crippen molar-refractivity contribution in [3.8, 4) is 0 Å². The first-order valence-corrected chi connectivity index (χ1v) is 15.5. The van der Waals surface area contributed by atoms with E-state index in [1.165, 1.54) is 0 Å². The lowest BCUT2D eigenvalue weighted by atomic mass is 9.93. The van der Waals surface area contributed by atoms with E-state index >= 15 is 0 Å². The zero-order valence-electron chi connectivity index (χ0n) is 22.9. The zero-order chi connectivity index (χ0) is 28.4. The van der Waals surface area contributed by atoms with Crippen molar-refractivity contribution in [2.75, 3.05) is 6.79 Å². The molecule has 0 bridgehead atoms. The smallest absolute Gasteiger partial charge is 0.464 e. The van der Waals surface area contributed by atoms with Gasteiger partial charge < -0.3 is 18.4 Å². The molecule has 9 heteroatoms. The predicted molar refractivity (Wildman–Crippen MR) is 159 cm³/mol. The molecule has 0 spiro atoms. The third-order valence-electron chi connectivity index (χ3n) is 7.64. The highest BCUT2D eigenvalue weighted by atomic mass is 31.2. The normalized spacial score (nSPS) is 22.1. The highest BCUT2D eigenvalue weighted by molar-refractivity contribution is 7.47. The van der Waals surface area contributed by atoms with Crippen LogP contribution in [-0.2, 0) is 36.3 Å². The number of hydrogen-bond donors (Lipinski definition) is 0. The molecule has 1 aliphatic carbocycles. The Labute approximate surface area is 243 Å². The molecule has 1 aromatic heterocycles. The molecule has 8 nitrogen and oxygen atoms in total. The molecule has 0 amide bonds. The van der Waals surface area contributed by atoms with E-state index in [1.807, 2.05) is 91.0 Å². The monoisotopic (exact) mass is 584 g/mol. The Morgan fingerprint density at radius 3 is 2.31 bits per heavy atom. The first-order valence-electron chi connectivity index (χ1n) is 14.0. The molecule has 3 aromatic carbocycles. The third kappa shape index (κ3) is 5.83. The molecule has 3 aliphatic rings. The number of furan rings is 1. The van der Waals surface area contributed by atoms with E-state index in [4.69, 9.17) is 32.5 Å². The minimum atomic E-state index is -3.97. The van der Waals surface area contributed by atoms with E-state index in [0.717, 1.165) is 44.6 Å². The lowest BCUT2D eigenvalue weighted by Gasteiger charge is -2.26.